The van der Waals surface area contributed by atoms with E-state index < -0.39 is 0 Å². The van der Waals surface area contributed by atoms with Crippen molar-refractivity contribution in [2.45, 2.75) is 19.9 Å². The summed E-state index contributed by atoms with van der Waals surface area (Å²) in [5, 5.41) is 3.64. The van der Waals surface area contributed by atoms with Crippen LogP contribution in [0.2, 0.25) is 0 Å². The Morgan fingerprint density at radius 1 is 1.47 bits per heavy atom. The zero-order chi connectivity index (χ0) is 13.8. The van der Waals surface area contributed by atoms with E-state index in [4.69, 9.17) is 14.9 Å². The zero-order valence-corrected chi connectivity index (χ0v) is 11.1. The second-order valence-electron chi connectivity index (χ2n) is 4.44. The first-order chi connectivity index (χ1) is 9.10. The molecule has 0 bridgehead atoms. The van der Waals surface area contributed by atoms with Crippen molar-refractivity contribution >= 4 is 22.6 Å². The molecule has 1 heterocycles. The third-order valence-electron chi connectivity index (χ3n) is 2.71. The number of anilines is 1. The Bertz CT molecular complexity index is 577. The van der Waals surface area contributed by atoms with Crippen molar-refractivity contribution in [3.8, 4) is 0 Å². The highest BCUT2D eigenvalue weighted by atomic mass is 16.5. The maximum atomic E-state index is 12.0. The van der Waals surface area contributed by atoms with E-state index in [1.165, 1.54) is 0 Å². The minimum absolute atomic E-state index is 0.0641. The molecule has 0 aliphatic rings. The van der Waals surface area contributed by atoms with Gasteiger partial charge in [-0.15, -0.1) is 0 Å². The predicted molar refractivity (Wildman–Crippen MR) is 74.0 cm³/mol. The van der Waals surface area contributed by atoms with E-state index in [0.29, 0.717) is 24.5 Å². The Morgan fingerprint density at radius 3 is 3.00 bits per heavy atom. The number of ether oxygens (including phenoxy) is 1. The first-order valence-electron chi connectivity index (χ1n) is 6.28. The third-order valence-corrected chi connectivity index (χ3v) is 2.71. The molecule has 1 amide bonds. The van der Waals surface area contributed by atoms with E-state index in [2.05, 4.69) is 5.32 Å². The van der Waals surface area contributed by atoms with E-state index in [1.807, 2.05) is 13.8 Å². The van der Waals surface area contributed by atoms with Crippen molar-refractivity contribution in [2.75, 3.05) is 18.9 Å². The number of hydrogen-bond donors (Lipinski definition) is 2. The van der Waals surface area contributed by atoms with Gasteiger partial charge in [0, 0.05) is 23.7 Å². The fourth-order valence-electron chi connectivity index (χ4n) is 1.80. The number of hydrogen-bond acceptors (Lipinski definition) is 4. The molecular weight excluding hydrogens is 244 g/mol. The van der Waals surface area contributed by atoms with Crippen LogP contribution in [0, 0.1) is 0 Å². The summed E-state index contributed by atoms with van der Waals surface area (Å²) in [6.07, 6.45) is 0. The normalized spacial score (nSPS) is 12.5. The van der Waals surface area contributed by atoms with Gasteiger partial charge in [-0.3, -0.25) is 4.79 Å². The van der Waals surface area contributed by atoms with Gasteiger partial charge in [-0.1, -0.05) is 0 Å². The fourth-order valence-corrected chi connectivity index (χ4v) is 1.80. The maximum Gasteiger partial charge on any atom is 0.287 e. The Hall–Kier alpha value is -2.01. The Kier molecular flexibility index (Phi) is 4.06. The highest BCUT2D eigenvalue weighted by Crippen LogP contribution is 2.21. The van der Waals surface area contributed by atoms with Gasteiger partial charge in [0.1, 0.15) is 5.58 Å². The van der Waals surface area contributed by atoms with Crippen LogP contribution < -0.4 is 11.1 Å². The summed E-state index contributed by atoms with van der Waals surface area (Å²) in [6.45, 7) is 4.91. The van der Waals surface area contributed by atoms with Crippen LogP contribution in [0.4, 0.5) is 5.69 Å². The van der Waals surface area contributed by atoms with Crippen molar-refractivity contribution in [2.24, 2.45) is 0 Å². The number of carbonyl (C=O) groups excluding carboxylic acids is 1. The average molecular weight is 262 g/mol. The lowest BCUT2D eigenvalue weighted by Gasteiger charge is -2.12. The molecule has 0 saturated heterocycles. The standard InChI is InChI=1S/C14H18N2O3/c1-3-18-8-9(2)16-14(17)13-7-10-6-11(15)4-5-12(10)19-13/h4-7,9H,3,8,15H2,1-2H3,(H,16,17). The molecule has 0 aliphatic carbocycles. The van der Waals surface area contributed by atoms with Gasteiger partial charge in [-0.05, 0) is 38.1 Å². The Balaban J connectivity index is 2.08. The van der Waals surface area contributed by atoms with E-state index in [1.54, 1.807) is 24.3 Å². The molecule has 3 N–H and O–H groups in total. The largest absolute Gasteiger partial charge is 0.451 e. The number of nitrogen functional groups attached to an aromatic ring is 1. The monoisotopic (exact) mass is 262 g/mol. The molecule has 1 aromatic carbocycles. The van der Waals surface area contributed by atoms with Gasteiger partial charge < -0.3 is 20.2 Å². The molecule has 1 atom stereocenters. The molecule has 2 aromatic rings. The van der Waals surface area contributed by atoms with Crippen molar-refractivity contribution in [3.63, 3.8) is 0 Å². The number of furan rings is 1. The summed E-state index contributed by atoms with van der Waals surface area (Å²) < 4.78 is 10.7. The number of benzene rings is 1. The van der Waals surface area contributed by atoms with E-state index in [9.17, 15) is 4.79 Å². The Morgan fingerprint density at radius 2 is 2.26 bits per heavy atom. The summed E-state index contributed by atoms with van der Waals surface area (Å²) in [5.74, 6) is 0.0333. The first-order valence-corrected chi connectivity index (χ1v) is 6.28. The van der Waals surface area contributed by atoms with Crippen LogP contribution in [0.3, 0.4) is 0 Å². The second-order valence-corrected chi connectivity index (χ2v) is 4.44. The van der Waals surface area contributed by atoms with Gasteiger partial charge in [-0.2, -0.15) is 0 Å². The number of amides is 1. The number of carbonyl (C=O) groups is 1. The van der Waals surface area contributed by atoms with Gasteiger partial charge >= 0.3 is 0 Å². The molecule has 0 fully saturated rings. The van der Waals surface area contributed by atoms with Crippen LogP contribution >= 0.6 is 0 Å². The van der Waals surface area contributed by atoms with Crippen LogP contribution in [0.15, 0.2) is 28.7 Å². The minimum atomic E-state index is -0.248. The van der Waals surface area contributed by atoms with E-state index in [-0.39, 0.29) is 17.7 Å². The molecule has 102 valence electrons. The maximum absolute atomic E-state index is 12.0. The van der Waals surface area contributed by atoms with Crippen molar-refractivity contribution in [3.05, 3.63) is 30.0 Å². The fraction of sp³-hybridized carbons (Fsp3) is 0.357. The lowest BCUT2D eigenvalue weighted by atomic mass is 10.2. The summed E-state index contributed by atoms with van der Waals surface area (Å²) in [4.78, 5) is 12.0. The highest BCUT2D eigenvalue weighted by Gasteiger charge is 2.14. The molecule has 0 spiro atoms. The van der Waals surface area contributed by atoms with Crippen LogP contribution in [-0.2, 0) is 4.74 Å². The van der Waals surface area contributed by atoms with Crippen LogP contribution in [0.25, 0.3) is 11.0 Å². The quantitative estimate of drug-likeness (QED) is 0.809. The van der Waals surface area contributed by atoms with E-state index >= 15 is 0 Å². The van der Waals surface area contributed by atoms with Crippen LogP contribution in [-0.4, -0.2) is 25.2 Å². The highest BCUT2D eigenvalue weighted by molar-refractivity contribution is 5.96. The lowest BCUT2D eigenvalue weighted by molar-refractivity contribution is 0.0848. The molecule has 2 rings (SSSR count). The van der Waals surface area contributed by atoms with Crippen molar-refractivity contribution in [1.82, 2.24) is 5.32 Å². The number of nitrogens with one attached hydrogen (secondary N) is 1. The van der Waals surface area contributed by atoms with Gasteiger partial charge in [-0.25, -0.2) is 0 Å². The molecule has 0 radical (unpaired) electrons. The molecule has 5 nitrogen and oxygen atoms in total. The summed E-state index contributed by atoms with van der Waals surface area (Å²) in [5.41, 5.74) is 6.98. The zero-order valence-electron chi connectivity index (χ0n) is 11.1. The van der Waals surface area contributed by atoms with Crippen molar-refractivity contribution in [1.29, 1.82) is 0 Å². The SMILES string of the molecule is CCOCC(C)NC(=O)c1cc2cc(N)ccc2o1. The molecule has 1 aromatic heterocycles. The lowest BCUT2D eigenvalue weighted by Crippen LogP contribution is -2.35. The Labute approximate surface area is 111 Å². The van der Waals surface area contributed by atoms with Gasteiger partial charge in [0.25, 0.3) is 5.91 Å². The summed E-state index contributed by atoms with van der Waals surface area (Å²) in [7, 11) is 0. The van der Waals surface area contributed by atoms with Crippen LogP contribution in [0.5, 0.6) is 0 Å². The number of rotatable bonds is 5. The van der Waals surface area contributed by atoms with Crippen molar-refractivity contribution < 1.29 is 13.9 Å². The number of fused-ring (bicyclic) bond motifs is 1. The summed E-state index contributed by atoms with van der Waals surface area (Å²) in [6, 6.07) is 6.90. The summed E-state index contributed by atoms with van der Waals surface area (Å²) >= 11 is 0. The van der Waals surface area contributed by atoms with Crippen LogP contribution in [0.1, 0.15) is 24.4 Å². The molecule has 1 unspecified atom stereocenters. The van der Waals surface area contributed by atoms with Gasteiger partial charge in [0.15, 0.2) is 5.76 Å². The molecule has 5 heteroatoms. The van der Waals surface area contributed by atoms with Gasteiger partial charge in [0.2, 0.25) is 0 Å². The topological polar surface area (TPSA) is 77.5 Å². The minimum Gasteiger partial charge on any atom is -0.451 e. The second kappa shape index (κ2) is 5.75. The molecule has 19 heavy (non-hydrogen) atoms. The van der Waals surface area contributed by atoms with Gasteiger partial charge in [0.05, 0.1) is 6.61 Å². The number of nitrogens with two attached hydrogens (primary N) is 1. The molecule has 0 saturated carbocycles. The predicted octanol–water partition coefficient (Wildman–Crippen LogP) is 2.17. The third kappa shape index (κ3) is 3.26. The molecule has 0 aliphatic heterocycles. The first kappa shape index (κ1) is 13.4. The average Bonchev–Trinajstić information content (AvgIpc) is 2.79. The molecular formula is C14H18N2O3. The smallest absolute Gasteiger partial charge is 0.287 e. The van der Waals surface area contributed by atoms with E-state index in [0.717, 1.165) is 5.39 Å².